The Morgan fingerprint density at radius 2 is 2.06 bits per heavy atom. The fraction of sp³-hybridized carbons (Fsp3) is 0.500. The highest BCUT2D eigenvalue weighted by Crippen LogP contribution is 2.33. The first-order chi connectivity index (χ1) is 7.99. The van der Waals surface area contributed by atoms with E-state index in [2.05, 4.69) is 5.32 Å². The Kier molecular flexibility index (Phi) is 4.81. The summed E-state index contributed by atoms with van der Waals surface area (Å²) in [4.78, 5) is 0. The highest BCUT2D eigenvalue weighted by molar-refractivity contribution is 5.31. The van der Waals surface area contributed by atoms with Crippen molar-refractivity contribution in [3.05, 3.63) is 29.8 Å². The van der Waals surface area contributed by atoms with E-state index in [0.29, 0.717) is 18.7 Å². The molecular weight excluding hydrogens is 231 g/mol. The van der Waals surface area contributed by atoms with Crippen molar-refractivity contribution in [1.29, 1.82) is 0 Å². The maximum atomic E-state index is 12.9. The average molecular weight is 247 g/mol. The number of halogens is 3. The van der Waals surface area contributed by atoms with E-state index in [9.17, 15) is 13.2 Å². The Balaban J connectivity index is 2.95. The summed E-state index contributed by atoms with van der Waals surface area (Å²) in [6.45, 7) is 2.15. The molecule has 5 heteroatoms. The van der Waals surface area contributed by atoms with Gasteiger partial charge in [-0.15, -0.1) is 0 Å². The second-order valence-corrected chi connectivity index (χ2v) is 3.71. The Morgan fingerprint density at radius 1 is 1.35 bits per heavy atom. The lowest BCUT2D eigenvalue weighted by Crippen LogP contribution is -2.34. The summed E-state index contributed by atoms with van der Waals surface area (Å²) in [7, 11) is 1.43. The third kappa shape index (κ3) is 3.93. The van der Waals surface area contributed by atoms with Crippen LogP contribution in [0.4, 0.5) is 13.2 Å². The van der Waals surface area contributed by atoms with Crippen LogP contribution in [0.25, 0.3) is 0 Å². The van der Waals surface area contributed by atoms with Gasteiger partial charge >= 0.3 is 6.18 Å². The lowest BCUT2D eigenvalue weighted by atomic mass is 10.1. The molecule has 0 bridgehead atoms. The lowest BCUT2D eigenvalue weighted by Gasteiger charge is -2.22. The highest BCUT2D eigenvalue weighted by Gasteiger charge is 2.40. The molecule has 0 aromatic heterocycles. The Labute approximate surface area is 98.8 Å². The van der Waals surface area contributed by atoms with Crippen LogP contribution in [0.1, 0.15) is 24.9 Å². The zero-order valence-electron chi connectivity index (χ0n) is 9.84. The van der Waals surface area contributed by atoms with E-state index in [-0.39, 0.29) is 5.56 Å². The van der Waals surface area contributed by atoms with Crippen molar-refractivity contribution in [1.82, 2.24) is 5.32 Å². The fourth-order valence-corrected chi connectivity index (χ4v) is 1.53. The van der Waals surface area contributed by atoms with Crippen LogP contribution in [-0.4, -0.2) is 19.8 Å². The van der Waals surface area contributed by atoms with Gasteiger partial charge in [-0.3, -0.25) is 0 Å². The van der Waals surface area contributed by atoms with Crippen LogP contribution in [0, 0.1) is 0 Å². The van der Waals surface area contributed by atoms with Crippen LogP contribution in [0.2, 0.25) is 0 Å². The van der Waals surface area contributed by atoms with E-state index in [1.54, 1.807) is 12.1 Å². The molecule has 0 aliphatic rings. The molecule has 0 amide bonds. The minimum Gasteiger partial charge on any atom is -0.497 e. The molecule has 1 unspecified atom stereocenters. The molecule has 0 aliphatic carbocycles. The second-order valence-electron chi connectivity index (χ2n) is 3.71. The monoisotopic (exact) mass is 247 g/mol. The first-order valence-electron chi connectivity index (χ1n) is 5.43. The summed E-state index contributed by atoms with van der Waals surface area (Å²) in [5, 5.41) is 2.50. The van der Waals surface area contributed by atoms with Gasteiger partial charge in [0.05, 0.1) is 7.11 Å². The largest absolute Gasteiger partial charge is 0.497 e. The minimum atomic E-state index is -4.30. The first-order valence-corrected chi connectivity index (χ1v) is 5.43. The normalized spacial score (nSPS) is 13.5. The summed E-state index contributed by atoms with van der Waals surface area (Å²) < 4.78 is 43.5. The molecule has 2 nitrogen and oxygen atoms in total. The molecule has 0 saturated heterocycles. The smallest absolute Gasteiger partial charge is 0.407 e. The molecule has 1 aromatic carbocycles. The van der Waals surface area contributed by atoms with E-state index in [4.69, 9.17) is 4.74 Å². The predicted octanol–water partition coefficient (Wildman–Crippen LogP) is 3.30. The number of nitrogens with one attached hydrogen (secondary N) is 1. The molecule has 0 fully saturated rings. The molecule has 1 atom stereocenters. The summed E-state index contributed by atoms with van der Waals surface area (Å²) >= 11 is 0. The standard InChI is InChI=1S/C12H16F3NO/c1-3-7-16-11(12(13,14)15)9-5-4-6-10(8-9)17-2/h4-6,8,11,16H,3,7H2,1-2H3. The minimum absolute atomic E-state index is 0.172. The number of hydrogen-bond acceptors (Lipinski definition) is 2. The molecule has 0 spiro atoms. The van der Waals surface area contributed by atoms with Crippen LogP contribution >= 0.6 is 0 Å². The molecule has 1 aromatic rings. The van der Waals surface area contributed by atoms with Crippen molar-refractivity contribution in [2.75, 3.05) is 13.7 Å². The molecule has 0 aliphatic heterocycles. The number of ether oxygens (including phenoxy) is 1. The number of methoxy groups -OCH3 is 1. The van der Waals surface area contributed by atoms with Gasteiger partial charge in [0.1, 0.15) is 11.8 Å². The molecule has 96 valence electrons. The van der Waals surface area contributed by atoms with Crippen molar-refractivity contribution in [3.63, 3.8) is 0 Å². The second kappa shape index (κ2) is 5.91. The highest BCUT2D eigenvalue weighted by atomic mass is 19.4. The molecule has 1 rings (SSSR count). The molecule has 0 radical (unpaired) electrons. The third-order valence-electron chi connectivity index (χ3n) is 2.35. The number of hydrogen-bond donors (Lipinski definition) is 1. The summed E-state index contributed by atoms with van der Waals surface area (Å²) in [5.41, 5.74) is 0.172. The van der Waals surface area contributed by atoms with Crippen LogP contribution < -0.4 is 10.1 Å². The van der Waals surface area contributed by atoms with Crippen LogP contribution in [0.3, 0.4) is 0 Å². The summed E-state index contributed by atoms with van der Waals surface area (Å²) in [6, 6.07) is 4.39. The lowest BCUT2D eigenvalue weighted by molar-refractivity contribution is -0.157. The van der Waals surface area contributed by atoms with Gasteiger partial charge in [-0.2, -0.15) is 13.2 Å². The zero-order valence-corrected chi connectivity index (χ0v) is 9.84. The SMILES string of the molecule is CCCNC(c1cccc(OC)c1)C(F)(F)F. The summed E-state index contributed by atoms with van der Waals surface area (Å²) in [5.74, 6) is 0.426. The van der Waals surface area contributed by atoms with Crippen molar-refractivity contribution >= 4 is 0 Å². The van der Waals surface area contributed by atoms with Gasteiger partial charge in [-0.25, -0.2) is 0 Å². The van der Waals surface area contributed by atoms with E-state index in [1.807, 2.05) is 6.92 Å². The Bertz CT molecular complexity index is 352. The maximum Gasteiger partial charge on any atom is 0.407 e. The van der Waals surface area contributed by atoms with Crippen molar-refractivity contribution < 1.29 is 17.9 Å². The van der Waals surface area contributed by atoms with E-state index >= 15 is 0 Å². The molecular formula is C12H16F3NO. The average Bonchev–Trinajstić information content (AvgIpc) is 2.28. The molecule has 17 heavy (non-hydrogen) atoms. The molecule has 0 saturated carbocycles. The Morgan fingerprint density at radius 3 is 2.59 bits per heavy atom. The van der Waals surface area contributed by atoms with E-state index in [0.717, 1.165) is 0 Å². The molecule has 1 N–H and O–H groups in total. The number of rotatable bonds is 5. The predicted molar refractivity (Wildman–Crippen MR) is 60.1 cm³/mol. The quantitative estimate of drug-likeness (QED) is 0.862. The Hall–Kier alpha value is -1.23. The van der Waals surface area contributed by atoms with E-state index < -0.39 is 12.2 Å². The van der Waals surface area contributed by atoms with Crippen molar-refractivity contribution in [2.24, 2.45) is 0 Å². The topological polar surface area (TPSA) is 21.3 Å². The number of benzene rings is 1. The number of alkyl halides is 3. The van der Waals surface area contributed by atoms with Gasteiger partial charge in [0, 0.05) is 0 Å². The van der Waals surface area contributed by atoms with Gasteiger partial charge in [-0.1, -0.05) is 19.1 Å². The van der Waals surface area contributed by atoms with Crippen LogP contribution in [0.5, 0.6) is 5.75 Å². The van der Waals surface area contributed by atoms with E-state index in [1.165, 1.54) is 19.2 Å². The first kappa shape index (κ1) is 13.8. The van der Waals surface area contributed by atoms with Gasteiger partial charge in [0.25, 0.3) is 0 Å². The zero-order chi connectivity index (χ0) is 12.9. The third-order valence-corrected chi connectivity index (χ3v) is 2.35. The van der Waals surface area contributed by atoms with Gasteiger partial charge in [0.2, 0.25) is 0 Å². The van der Waals surface area contributed by atoms with Crippen molar-refractivity contribution in [2.45, 2.75) is 25.6 Å². The van der Waals surface area contributed by atoms with Gasteiger partial charge < -0.3 is 10.1 Å². The van der Waals surface area contributed by atoms with Crippen molar-refractivity contribution in [3.8, 4) is 5.75 Å². The van der Waals surface area contributed by atoms with Crippen LogP contribution in [0.15, 0.2) is 24.3 Å². The van der Waals surface area contributed by atoms with Gasteiger partial charge in [-0.05, 0) is 30.7 Å². The fourth-order valence-electron chi connectivity index (χ4n) is 1.53. The maximum absolute atomic E-state index is 12.9. The molecule has 0 heterocycles. The van der Waals surface area contributed by atoms with Crippen LogP contribution in [-0.2, 0) is 0 Å². The van der Waals surface area contributed by atoms with Gasteiger partial charge in [0.15, 0.2) is 0 Å². The summed E-state index contributed by atoms with van der Waals surface area (Å²) in [6.07, 6.45) is -3.65.